The fraction of sp³-hybridized carbons (Fsp3) is 0.190. The van der Waals surface area contributed by atoms with Crippen molar-refractivity contribution in [2.45, 2.75) is 29.0 Å². The van der Waals surface area contributed by atoms with Crippen LogP contribution in [-0.2, 0) is 16.0 Å². The molecule has 1 amide bonds. The molecule has 1 aliphatic heterocycles. The van der Waals surface area contributed by atoms with Gasteiger partial charge in [0, 0.05) is 18.1 Å². The molecule has 33 heavy (non-hydrogen) atoms. The van der Waals surface area contributed by atoms with Crippen LogP contribution in [0, 0.1) is 10.1 Å². The number of β-lactam (4-membered cyclic amide) rings is 1. The molecule has 1 unspecified atom stereocenters. The summed E-state index contributed by atoms with van der Waals surface area (Å²) in [7, 11) is 2.65. The number of benzene rings is 2. The maximum atomic E-state index is 12.3. The third-order valence-corrected chi connectivity index (χ3v) is 8.95. The number of aliphatic carboxylic acids is 1. The van der Waals surface area contributed by atoms with Crippen molar-refractivity contribution in [3.05, 3.63) is 75.7 Å². The highest BCUT2D eigenvalue weighted by Gasteiger charge is 2.43. The van der Waals surface area contributed by atoms with Crippen LogP contribution in [0.25, 0.3) is 10.2 Å². The number of likely N-dealkylation sites (tertiary alicyclic amines) is 1. The van der Waals surface area contributed by atoms with Gasteiger partial charge in [0.25, 0.3) is 5.69 Å². The Balaban J connectivity index is 1.48. The van der Waals surface area contributed by atoms with Gasteiger partial charge in [0.2, 0.25) is 5.91 Å². The monoisotopic (exact) mass is 503 g/mol. The molecule has 3 aromatic rings. The Kier molecular flexibility index (Phi) is 6.86. The van der Waals surface area contributed by atoms with Gasteiger partial charge >= 0.3 is 5.97 Å². The zero-order chi connectivity index (χ0) is 23.5. The smallest absolute Gasteiger partial charge is 0.356 e. The van der Waals surface area contributed by atoms with Crippen LogP contribution in [0.15, 0.2) is 64.3 Å². The van der Waals surface area contributed by atoms with Crippen molar-refractivity contribution in [3.63, 3.8) is 0 Å². The molecule has 0 bridgehead atoms. The first-order chi connectivity index (χ1) is 15.8. The number of aliphatic hydroxyl groups excluding tert-OH is 1. The lowest BCUT2D eigenvalue weighted by molar-refractivity contribution is -0.385. The number of nitrogens with zero attached hydrogens (tertiary/aromatic N) is 3. The summed E-state index contributed by atoms with van der Waals surface area (Å²) in [5.41, 5.74) is 0.632. The van der Waals surface area contributed by atoms with Crippen molar-refractivity contribution in [1.29, 1.82) is 0 Å². The van der Waals surface area contributed by atoms with E-state index in [2.05, 4.69) is 4.98 Å². The number of nitro groups is 1. The number of carboxylic acid groups (broad SMARTS) is 1. The summed E-state index contributed by atoms with van der Waals surface area (Å²) in [6.45, 7) is 0. The van der Waals surface area contributed by atoms with Crippen molar-refractivity contribution in [2.24, 2.45) is 0 Å². The van der Waals surface area contributed by atoms with E-state index in [-0.39, 0.29) is 24.9 Å². The first kappa shape index (κ1) is 23.1. The molecule has 2 heterocycles. The second-order valence-electron chi connectivity index (χ2n) is 7.04. The topological polar surface area (TPSA) is 134 Å². The van der Waals surface area contributed by atoms with Crippen molar-refractivity contribution < 1.29 is 24.7 Å². The SMILES string of the molecule is O=C(O)/C(=C(\O)CCc1ccccc1[N+](=O)[O-])N1C(=O)CC1SSc1nc2ccccc2s1. The van der Waals surface area contributed by atoms with Gasteiger partial charge < -0.3 is 10.2 Å². The molecule has 1 fully saturated rings. The van der Waals surface area contributed by atoms with Crippen LogP contribution in [0.4, 0.5) is 5.69 Å². The highest BCUT2D eigenvalue weighted by Crippen LogP contribution is 2.45. The fourth-order valence-corrected chi connectivity index (χ4v) is 7.12. The van der Waals surface area contributed by atoms with Gasteiger partial charge in [0.1, 0.15) is 11.1 Å². The number of fused-ring (bicyclic) bond motifs is 1. The molecule has 1 atom stereocenters. The van der Waals surface area contributed by atoms with Crippen molar-refractivity contribution in [2.75, 3.05) is 0 Å². The van der Waals surface area contributed by atoms with E-state index in [9.17, 15) is 29.9 Å². The third-order valence-electron chi connectivity index (χ3n) is 4.95. The number of aromatic nitrogens is 1. The Bertz CT molecular complexity index is 1240. The molecule has 0 spiro atoms. The van der Waals surface area contributed by atoms with Crippen LogP contribution < -0.4 is 0 Å². The van der Waals surface area contributed by atoms with Crippen LogP contribution in [0.2, 0.25) is 0 Å². The van der Waals surface area contributed by atoms with Crippen LogP contribution in [0.5, 0.6) is 0 Å². The number of para-hydroxylation sites is 2. The molecule has 170 valence electrons. The van der Waals surface area contributed by atoms with Crippen molar-refractivity contribution >= 4 is 60.7 Å². The number of carboxylic acids is 1. The van der Waals surface area contributed by atoms with Crippen LogP contribution in [0.3, 0.4) is 0 Å². The highest BCUT2D eigenvalue weighted by atomic mass is 33.1. The number of amides is 1. The molecule has 9 nitrogen and oxygen atoms in total. The number of allylic oxidation sites excluding steroid dienone is 1. The summed E-state index contributed by atoms with van der Waals surface area (Å²) in [4.78, 5) is 40.4. The minimum Gasteiger partial charge on any atom is -0.510 e. The maximum absolute atomic E-state index is 12.3. The Morgan fingerprint density at radius 3 is 2.64 bits per heavy atom. The summed E-state index contributed by atoms with van der Waals surface area (Å²) >= 11 is 1.50. The van der Waals surface area contributed by atoms with E-state index in [1.54, 1.807) is 12.1 Å². The van der Waals surface area contributed by atoms with Crippen LogP contribution >= 0.6 is 32.9 Å². The van der Waals surface area contributed by atoms with E-state index in [0.717, 1.165) is 19.5 Å². The van der Waals surface area contributed by atoms with Gasteiger partial charge in [0.05, 0.1) is 21.6 Å². The number of hydrogen-bond acceptors (Lipinski definition) is 9. The minimum atomic E-state index is -1.43. The third kappa shape index (κ3) is 4.97. The van der Waals surface area contributed by atoms with Crippen LogP contribution in [-0.4, -0.2) is 42.3 Å². The number of aryl methyl sites for hydroxylation is 1. The highest BCUT2D eigenvalue weighted by molar-refractivity contribution is 8.77. The Labute approximate surface area is 199 Å². The number of hydrogen-bond donors (Lipinski definition) is 2. The van der Waals surface area contributed by atoms with E-state index in [1.807, 2.05) is 24.3 Å². The molecular weight excluding hydrogens is 486 g/mol. The van der Waals surface area contributed by atoms with E-state index in [0.29, 0.717) is 5.56 Å². The molecule has 2 aromatic carbocycles. The summed E-state index contributed by atoms with van der Waals surface area (Å²) in [5.74, 6) is -2.34. The molecule has 0 aliphatic carbocycles. The average molecular weight is 504 g/mol. The van der Waals surface area contributed by atoms with Crippen molar-refractivity contribution in [1.82, 2.24) is 9.88 Å². The van der Waals surface area contributed by atoms with Crippen LogP contribution in [0.1, 0.15) is 18.4 Å². The summed E-state index contributed by atoms with van der Waals surface area (Å²) in [5, 5.41) is 30.9. The molecule has 0 saturated carbocycles. The standard InChI is InChI=1S/C21H17N3O6S3/c25-15(10-9-12-5-1-3-7-14(12)24(29)30)19(20(27)28)23-17(26)11-18(23)32-33-21-22-13-6-2-4-8-16(13)31-21/h1-8,18,25H,9-11H2,(H,27,28)/b19-15+. The van der Waals surface area contributed by atoms with Crippen molar-refractivity contribution in [3.8, 4) is 0 Å². The quantitative estimate of drug-likeness (QED) is 0.103. The Morgan fingerprint density at radius 2 is 1.94 bits per heavy atom. The first-order valence-electron chi connectivity index (χ1n) is 9.74. The average Bonchev–Trinajstić information content (AvgIpc) is 3.21. The lowest BCUT2D eigenvalue weighted by atomic mass is 10.0. The molecular formula is C21H17N3O6S3. The molecule has 2 N–H and O–H groups in total. The number of aliphatic hydroxyl groups is 1. The molecule has 1 saturated heterocycles. The van der Waals surface area contributed by atoms with Gasteiger partial charge in [-0.1, -0.05) is 41.1 Å². The van der Waals surface area contributed by atoms with E-state index >= 15 is 0 Å². The predicted molar refractivity (Wildman–Crippen MR) is 127 cm³/mol. The predicted octanol–water partition coefficient (Wildman–Crippen LogP) is 4.99. The van der Waals surface area contributed by atoms with E-state index < -0.39 is 33.6 Å². The van der Waals surface area contributed by atoms with Gasteiger partial charge in [-0.05, 0) is 29.3 Å². The first-order valence-corrected chi connectivity index (χ1v) is 12.8. The summed E-state index contributed by atoms with van der Waals surface area (Å²) in [6.07, 6.45) is 0.0372. The zero-order valence-corrected chi connectivity index (χ0v) is 19.4. The minimum absolute atomic E-state index is 0.0556. The second kappa shape index (κ2) is 9.81. The van der Waals surface area contributed by atoms with E-state index in [1.165, 1.54) is 45.1 Å². The molecule has 12 heteroatoms. The largest absolute Gasteiger partial charge is 0.510 e. The number of rotatable bonds is 9. The Morgan fingerprint density at radius 1 is 1.21 bits per heavy atom. The zero-order valence-electron chi connectivity index (χ0n) is 16.9. The lowest BCUT2D eigenvalue weighted by Crippen LogP contribution is -2.51. The molecule has 4 rings (SSSR count). The Hall–Kier alpha value is -3.09. The number of nitro benzene ring substituents is 1. The summed E-state index contributed by atoms with van der Waals surface area (Å²) < 4.78 is 1.81. The second-order valence-corrected chi connectivity index (χ2v) is 10.7. The van der Waals surface area contributed by atoms with E-state index in [4.69, 9.17) is 0 Å². The van der Waals surface area contributed by atoms with Gasteiger partial charge in [0.15, 0.2) is 10.0 Å². The number of carbonyl (C=O) groups excluding carboxylic acids is 1. The number of thiazole rings is 1. The summed E-state index contributed by atoms with van der Waals surface area (Å²) in [6, 6.07) is 13.7. The maximum Gasteiger partial charge on any atom is 0.356 e. The fourth-order valence-electron chi connectivity index (χ4n) is 3.35. The molecule has 1 aliphatic rings. The number of carbonyl (C=O) groups is 2. The van der Waals surface area contributed by atoms with Gasteiger partial charge in [-0.2, -0.15) is 0 Å². The van der Waals surface area contributed by atoms with Gasteiger partial charge in [-0.15, -0.1) is 11.3 Å². The molecule has 1 aromatic heterocycles. The molecule has 0 radical (unpaired) electrons. The normalized spacial score (nSPS) is 16.4. The lowest BCUT2D eigenvalue weighted by Gasteiger charge is -2.39. The van der Waals surface area contributed by atoms with Gasteiger partial charge in [-0.25, -0.2) is 9.78 Å². The van der Waals surface area contributed by atoms with Gasteiger partial charge in [-0.3, -0.25) is 19.8 Å².